The molecule has 0 aliphatic carbocycles. The van der Waals surface area contributed by atoms with Gasteiger partial charge >= 0.3 is 0 Å². The zero-order valence-electron chi connectivity index (χ0n) is 16.0. The van der Waals surface area contributed by atoms with E-state index in [4.69, 9.17) is 16.3 Å². The van der Waals surface area contributed by atoms with E-state index in [0.29, 0.717) is 5.02 Å². The van der Waals surface area contributed by atoms with Crippen LogP contribution >= 0.6 is 11.6 Å². The summed E-state index contributed by atoms with van der Waals surface area (Å²) in [7, 11) is 1.50. The number of ether oxygens (including phenoxy) is 1. The number of methoxy groups -OCH3 is 1. The third-order valence-corrected chi connectivity index (χ3v) is 4.73. The fourth-order valence-corrected chi connectivity index (χ4v) is 3.36. The summed E-state index contributed by atoms with van der Waals surface area (Å²) in [5, 5.41) is 4.80. The summed E-state index contributed by atoms with van der Waals surface area (Å²) in [6, 6.07) is 19.0. The molecule has 3 aromatic rings. The van der Waals surface area contributed by atoms with Crippen LogP contribution in [0.15, 0.2) is 65.8 Å². The van der Waals surface area contributed by atoms with Crippen LogP contribution in [0.25, 0.3) is 5.69 Å². The molecule has 144 valence electrons. The van der Waals surface area contributed by atoms with Gasteiger partial charge in [-0.2, -0.15) is 5.10 Å². The van der Waals surface area contributed by atoms with Crippen molar-refractivity contribution in [2.24, 2.45) is 5.10 Å². The molecule has 0 aliphatic heterocycles. The number of rotatable bonds is 6. The maximum atomic E-state index is 12.4. The maximum Gasteiger partial charge on any atom is 0.273 e. The second-order valence-electron chi connectivity index (χ2n) is 6.40. The zero-order valence-corrected chi connectivity index (χ0v) is 16.8. The molecule has 5 nitrogen and oxygen atoms in total. The summed E-state index contributed by atoms with van der Waals surface area (Å²) in [4.78, 5) is 12.4. The van der Waals surface area contributed by atoms with Gasteiger partial charge in [0.05, 0.1) is 6.21 Å². The summed E-state index contributed by atoms with van der Waals surface area (Å²) in [5.74, 6) is -0.325. The van der Waals surface area contributed by atoms with Gasteiger partial charge in [0.1, 0.15) is 0 Å². The van der Waals surface area contributed by atoms with Crippen LogP contribution in [0.4, 0.5) is 0 Å². The first-order valence-corrected chi connectivity index (χ1v) is 9.24. The van der Waals surface area contributed by atoms with Crippen molar-refractivity contribution in [3.8, 4) is 5.69 Å². The molecule has 2 aromatic carbocycles. The predicted molar refractivity (Wildman–Crippen MR) is 112 cm³/mol. The van der Waals surface area contributed by atoms with Gasteiger partial charge in [0.15, 0.2) is 6.10 Å². The van der Waals surface area contributed by atoms with Gasteiger partial charge in [0.2, 0.25) is 0 Å². The van der Waals surface area contributed by atoms with Gasteiger partial charge in [-0.05, 0) is 43.7 Å². The van der Waals surface area contributed by atoms with Crippen LogP contribution in [0.1, 0.15) is 28.6 Å². The third-order valence-electron chi connectivity index (χ3n) is 4.49. The molecule has 1 unspecified atom stereocenters. The van der Waals surface area contributed by atoms with Gasteiger partial charge < -0.3 is 9.30 Å². The Labute approximate surface area is 169 Å². The van der Waals surface area contributed by atoms with E-state index >= 15 is 0 Å². The SMILES string of the molecule is COC(C(=O)N/N=C/c1cc(C)n(-c2cccc(Cl)c2)c1C)c1ccccc1. The Morgan fingerprint density at radius 1 is 1.14 bits per heavy atom. The van der Waals surface area contributed by atoms with Crippen LogP contribution in [0.3, 0.4) is 0 Å². The number of hydrogen-bond acceptors (Lipinski definition) is 3. The fraction of sp³-hybridized carbons (Fsp3) is 0.182. The highest BCUT2D eigenvalue weighted by Gasteiger charge is 2.19. The summed E-state index contributed by atoms with van der Waals surface area (Å²) in [6.45, 7) is 4.01. The lowest BCUT2D eigenvalue weighted by atomic mass is 10.1. The summed E-state index contributed by atoms with van der Waals surface area (Å²) >= 11 is 6.12. The monoisotopic (exact) mass is 395 g/mol. The second kappa shape index (κ2) is 8.87. The van der Waals surface area contributed by atoms with E-state index in [0.717, 1.165) is 28.2 Å². The van der Waals surface area contributed by atoms with Gasteiger partial charge in [0.25, 0.3) is 5.91 Å². The lowest BCUT2D eigenvalue weighted by Crippen LogP contribution is -2.26. The average molecular weight is 396 g/mol. The van der Waals surface area contributed by atoms with Gasteiger partial charge in [-0.1, -0.05) is 48.0 Å². The Bertz CT molecular complexity index is 996. The van der Waals surface area contributed by atoms with Crippen LogP contribution in [-0.2, 0) is 9.53 Å². The van der Waals surface area contributed by atoms with Gasteiger partial charge in [-0.3, -0.25) is 4.79 Å². The van der Waals surface area contributed by atoms with Crippen molar-refractivity contribution < 1.29 is 9.53 Å². The van der Waals surface area contributed by atoms with Crippen LogP contribution in [0, 0.1) is 13.8 Å². The smallest absolute Gasteiger partial charge is 0.273 e. The summed E-state index contributed by atoms with van der Waals surface area (Å²) in [5.41, 5.74) is 7.28. The summed E-state index contributed by atoms with van der Waals surface area (Å²) in [6.07, 6.45) is 0.927. The van der Waals surface area contributed by atoms with Crippen molar-refractivity contribution in [2.75, 3.05) is 7.11 Å². The number of hydrazone groups is 1. The predicted octanol–water partition coefficient (Wildman–Crippen LogP) is 4.59. The third kappa shape index (κ3) is 4.32. The standard InChI is InChI=1S/C22H22ClN3O2/c1-15-12-18(16(2)26(15)20-11-7-10-19(23)13-20)14-24-25-22(27)21(28-3)17-8-5-4-6-9-17/h4-14,21H,1-3H3,(H,25,27)/b24-14+. The first-order valence-electron chi connectivity index (χ1n) is 8.87. The molecule has 1 amide bonds. The van der Waals surface area contributed by atoms with Crippen molar-refractivity contribution in [1.82, 2.24) is 9.99 Å². The van der Waals surface area contributed by atoms with Crippen molar-refractivity contribution >= 4 is 23.7 Å². The second-order valence-corrected chi connectivity index (χ2v) is 6.84. The molecule has 0 radical (unpaired) electrons. The van der Waals surface area contributed by atoms with Crippen LogP contribution in [0.5, 0.6) is 0 Å². The molecule has 1 atom stereocenters. The normalized spacial score (nSPS) is 12.3. The average Bonchev–Trinajstić information content (AvgIpc) is 2.96. The number of carbonyl (C=O) groups excluding carboxylic acids is 1. The first kappa shape index (κ1) is 19.9. The molecule has 0 fully saturated rings. The number of nitrogens with zero attached hydrogens (tertiary/aromatic N) is 2. The number of benzene rings is 2. The maximum absolute atomic E-state index is 12.4. The summed E-state index contributed by atoms with van der Waals surface area (Å²) < 4.78 is 7.41. The number of carbonyl (C=O) groups is 1. The van der Waals surface area contributed by atoms with Gasteiger partial charge in [-0.15, -0.1) is 0 Å². The van der Waals surface area contributed by atoms with E-state index in [-0.39, 0.29) is 5.91 Å². The van der Waals surface area contributed by atoms with E-state index in [1.165, 1.54) is 7.11 Å². The van der Waals surface area contributed by atoms with Crippen LogP contribution < -0.4 is 5.43 Å². The number of halogens is 1. The zero-order chi connectivity index (χ0) is 20.1. The Hall–Kier alpha value is -2.89. The van der Waals surface area contributed by atoms with E-state index in [1.807, 2.05) is 74.5 Å². The minimum absolute atomic E-state index is 0.325. The number of hydrogen-bond donors (Lipinski definition) is 1. The molecule has 0 saturated carbocycles. The van der Waals surface area contributed by atoms with Crippen molar-refractivity contribution in [3.63, 3.8) is 0 Å². The highest BCUT2D eigenvalue weighted by Crippen LogP contribution is 2.22. The molecule has 0 saturated heterocycles. The molecule has 1 heterocycles. The molecule has 0 bridgehead atoms. The molecular weight excluding hydrogens is 374 g/mol. The number of amides is 1. The molecular formula is C22H22ClN3O2. The Balaban J connectivity index is 1.76. The number of nitrogens with one attached hydrogen (secondary N) is 1. The first-order chi connectivity index (χ1) is 13.5. The molecule has 1 aromatic heterocycles. The van der Waals surface area contributed by atoms with Crippen molar-refractivity contribution in [1.29, 1.82) is 0 Å². The molecule has 3 rings (SSSR count). The van der Waals surface area contributed by atoms with E-state index in [1.54, 1.807) is 6.21 Å². The molecule has 0 aliphatic rings. The van der Waals surface area contributed by atoms with Crippen molar-refractivity contribution in [2.45, 2.75) is 20.0 Å². The Kier molecular flexibility index (Phi) is 6.29. The van der Waals surface area contributed by atoms with Gasteiger partial charge in [-0.25, -0.2) is 5.43 Å². The molecule has 0 spiro atoms. The van der Waals surface area contributed by atoms with E-state index in [2.05, 4.69) is 15.1 Å². The van der Waals surface area contributed by atoms with Crippen LogP contribution in [-0.4, -0.2) is 23.8 Å². The topological polar surface area (TPSA) is 55.6 Å². The number of aromatic nitrogens is 1. The highest BCUT2D eigenvalue weighted by molar-refractivity contribution is 6.30. The molecule has 1 N–H and O–H groups in total. The highest BCUT2D eigenvalue weighted by atomic mass is 35.5. The molecule has 6 heteroatoms. The fourth-order valence-electron chi connectivity index (χ4n) is 3.18. The van der Waals surface area contributed by atoms with E-state index < -0.39 is 6.10 Å². The quantitative estimate of drug-likeness (QED) is 0.490. The Morgan fingerprint density at radius 3 is 2.57 bits per heavy atom. The number of aryl methyl sites for hydroxylation is 1. The largest absolute Gasteiger partial charge is 0.367 e. The van der Waals surface area contributed by atoms with Crippen molar-refractivity contribution in [3.05, 3.63) is 88.2 Å². The lowest BCUT2D eigenvalue weighted by molar-refractivity contribution is -0.131. The van der Waals surface area contributed by atoms with Gasteiger partial charge in [0, 0.05) is 34.8 Å². The minimum Gasteiger partial charge on any atom is -0.367 e. The minimum atomic E-state index is -0.711. The molecule has 28 heavy (non-hydrogen) atoms. The van der Waals surface area contributed by atoms with E-state index in [9.17, 15) is 4.79 Å². The Morgan fingerprint density at radius 2 is 1.89 bits per heavy atom. The van der Waals surface area contributed by atoms with Crippen LogP contribution in [0.2, 0.25) is 5.02 Å². The lowest BCUT2D eigenvalue weighted by Gasteiger charge is -2.13.